The standard InChI is InChI=1S/C21H29F3N6O/c1-13-11-29(12-14(2)31-13)16-7-6-15(21(22,23)24)10-17(16)30-19(26)27-18(25)28-20(30)8-4-3-5-9-20/h6-7,10,13-14H,3-5,8-9,11-12H2,1-2H3,(H4,25,26,27,28). The van der Waals surface area contributed by atoms with E-state index in [0.717, 1.165) is 31.4 Å². The van der Waals surface area contributed by atoms with Crippen molar-refractivity contribution in [2.24, 2.45) is 21.5 Å². The molecule has 2 aliphatic heterocycles. The molecule has 3 aliphatic rings. The second-order valence-electron chi connectivity index (χ2n) is 8.68. The van der Waals surface area contributed by atoms with Crippen molar-refractivity contribution in [1.29, 1.82) is 0 Å². The molecule has 0 aromatic heterocycles. The number of aliphatic imine (C=N–C) groups is 2. The molecule has 0 amide bonds. The minimum Gasteiger partial charge on any atom is -0.372 e. The number of hydrogen-bond acceptors (Lipinski definition) is 7. The molecule has 0 bridgehead atoms. The molecule has 2 heterocycles. The maximum atomic E-state index is 13.7. The van der Waals surface area contributed by atoms with Crippen LogP contribution < -0.4 is 21.3 Å². The third-order valence-corrected chi connectivity index (χ3v) is 6.16. The number of anilines is 2. The SMILES string of the molecule is CC1CN(c2ccc(C(F)(F)F)cc2N2C(N)=NC(N)=NC23CCCCC3)CC(C)O1. The Kier molecular flexibility index (Phi) is 5.53. The molecule has 2 atom stereocenters. The average molecular weight is 438 g/mol. The molecule has 4 N–H and O–H groups in total. The Bertz CT molecular complexity index is 884. The highest BCUT2D eigenvalue weighted by atomic mass is 19.4. The van der Waals surface area contributed by atoms with Crippen LogP contribution in [0, 0.1) is 0 Å². The number of nitrogens with zero attached hydrogens (tertiary/aromatic N) is 4. The van der Waals surface area contributed by atoms with Crippen molar-refractivity contribution in [2.75, 3.05) is 22.9 Å². The molecule has 1 aliphatic carbocycles. The van der Waals surface area contributed by atoms with Crippen LogP contribution in [0.3, 0.4) is 0 Å². The molecule has 0 radical (unpaired) electrons. The molecule has 1 aromatic carbocycles. The van der Waals surface area contributed by atoms with E-state index in [1.165, 1.54) is 6.07 Å². The van der Waals surface area contributed by atoms with E-state index in [1.807, 2.05) is 13.8 Å². The number of alkyl halides is 3. The fourth-order valence-corrected chi connectivity index (χ4v) is 4.99. The number of guanidine groups is 2. The summed E-state index contributed by atoms with van der Waals surface area (Å²) in [6.45, 7) is 5.03. The topological polar surface area (TPSA) is 92.5 Å². The van der Waals surface area contributed by atoms with Crippen LogP contribution >= 0.6 is 0 Å². The van der Waals surface area contributed by atoms with E-state index in [9.17, 15) is 13.2 Å². The fourth-order valence-electron chi connectivity index (χ4n) is 4.99. The number of nitrogens with two attached hydrogens (primary N) is 2. The quantitative estimate of drug-likeness (QED) is 0.738. The number of halogens is 3. The first-order valence-electron chi connectivity index (χ1n) is 10.7. The molecule has 10 heteroatoms. The normalized spacial score (nSPS) is 26.6. The lowest BCUT2D eigenvalue weighted by Crippen LogP contribution is -2.59. The third kappa shape index (κ3) is 4.17. The van der Waals surface area contributed by atoms with Crippen LogP contribution in [0.25, 0.3) is 0 Å². The lowest BCUT2D eigenvalue weighted by atomic mass is 9.87. The largest absolute Gasteiger partial charge is 0.416 e. The number of benzene rings is 1. The molecule has 4 rings (SSSR count). The van der Waals surface area contributed by atoms with Gasteiger partial charge >= 0.3 is 6.18 Å². The number of ether oxygens (including phenoxy) is 1. The smallest absolute Gasteiger partial charge is 0.372 e. The Hall–Kier alpha value is -2.49. The molecule has 7 nitrogen and oxygen atoms in total. The minimum atomic E-state index is -4.48. The van der Waals surface area contributed by atoms with Crippen molar-refractivity contribution < 1.29 is 17.9 Å². The first-order chi connectivity index (χ1) is 14.6. The van der Waals surface area contributed by atoms with Crippen molar-refractivity contribution in [3.63, 3.8) is 0 Å². The van der Waals surface area contributed by atoms with E-state index in [2.05, 4.69) is 14.9 Å². The van der Waals surface area contributed by atoms with Crippen molar-refractivity contribution in [2.45, 2.75) is 70.0 Å². The summed E-state index contributed by atoms with van der Waals surface area (Å²) in [6.07, 6.45) is -0.475. The van der Waals surface area contributed by atoms with E-state index in [0.29, 0.717) is 37.3 Å². The van der Waals surface area contributed by atoms with Gasteiger partial charge < -0.3 is 21.1 Å². The zero-order valence-corrected chi connectivity index (χ0v) is 17.8. The van der Waals surface area contributed by atoms with Gasteiger partial charge in [-0.05, 0) is 57.7 Å². The van der Waals surface area contributed by atoms with E-state index >= 15 is 0 Å². The van der Waals surface area contributed by atoms with Crippen LogP contribution in [-0.4, -0.2) is 42.9 Å². The second kappa shape index (κ2) is 7.89. The Labute approximate surface area is 179 Å². The predicted octanol–water partition coefficient (Wildman–Crippen LogP) is 3.43. The molecule has 1 spiro atoms. The van der Waals surface area contributed by atoms with E-state index in [-0.39, 0.29) is 24.1 Å². The zero-order valence-electron chi connectivity index (χ0n) is 17.8. The lowest BCUT2D eigenvalue weighted by Gasteiger charge is -2.47. The third-order valence-electron chi connectivity index (χ3n) is 6.16. The number of morpholine rings is 1. The lowest BCUT2D eigenvalue weighted by molar-refractivity contribution is -0.137. The van der Waals surface area contributed by atoms with Gasteiger partial charge in [-0.15, -0.1) is 0 Å². The molecule has 1 aromatic rings. The summed E-state index contributed by atoms with van der Waals surface area (Å²) in [5.74, 6) is 0.141. The van der Waals surface area contributed by atoms with Gasteiger partial charge in [0.15, 0.2) is 0 Å². The molecule has 170 valence electrons. The zero-order chi connectivity index (χ0) is 22.4. The van der Waals surface area contributed by atoms with Crippen LogP contribution in [0.5, 0.6) is 0 Å². The van der Waals surface area contributed by atoms with Gasteiger partial charge in [0.1, 0.15) is 5.66 Å². The summed E-state index contributed by atoms with van der Waals surface area (Å²) < 4.78 is 46.8. The molecule has 2 unspecified atom stereocenters. The molecular formula is C21H29F3N6O. The molecule has 1 saturated carbocycles. The van der Waals surface area contributed by atoms with Gasteiger partial charge in [0.25, 0.3) is 0 Å². The monoisotopic (exact) mass is 438 g/mol. The summed E-state index contributed by atoms with van der Waals surface area (Å²) >= 11 is 0. The predicted molar refractivity (Wildman–Crippen MR) is 115 cm³/mol. The Morgan fingerprint density at radius 2 is 1.68 bits per heavy atom. The summed E-state index contributed by atoms with van der Waals surface area (Å²) in [5, 5.41) is 0. The van der Waals surface area contributed by atoms with Crippen LogP contribution in [-0.2, 0) is 10.9 Å². The van der Waals surface area contributed by atoms with Gasteiger partial charge in [-0.1, -0.05) is 6.42 Å². The Morgan fingerprint density at radius 1 is 1.03 bits per heavy atom. The van der Waals surface area contributed by atoms with E-state index < -0.39 is 17.4 Å². The van der Waals surface area contributed by atoms with Crippen molar-refractivity contribution in [3.05, 3.63) is 23.8 Å². The summed E-state index contributed by atoms with van der Waals surface area (Å²) in [7, 11) is 0. The maximum Gasteiger partial charge on any atom is 0.416 e. The summed E-state index contributed by atoms with van der Waals surface area (Å²) in [6, 6.07) is 3.80. The fraction of sp³-hybridized carbons (Fsp3) is 0.619. The highest BCUT2D eigenvalue weighted by Gasteiger charge is 2.45. The Balaban J connectivity index is 1.87. The van der Waals surface area contributed by atoms with Crippen LogP contribution in [0.4, 0.5) is 24.5 Å². The molecular weight excluding hydrogens is 409 g/mol. The molecule has 1 saturated heterocycles. The van der Waals surface area contributed by atoms with Crippen LogP contribution in [0.1, 0.15) is 51.5 Å². The number of hydrogen-bond donors (Lipinski definition) is 2. The molecule has 31 heavy (non-hydrogen) atoms. The summed E-state index contributed by atoms with van der Waals surface area (Å²) in [5.41, 5.74) is 11.7. The van der Waals surface area contributed by atoms with Gasteiger partial charge in [-0.3, -0.25) is 4.90 Å². The van der Waals surface area contributed by atoms with Gasteiger partial charge in [0.2, 0.25) is 11.9 Å². The minimum absolute atomic E-state index is 0.0523. The van der Waals surface area contributed by atoms with E-state index in [4.69, 9.17) is 16.2 Å². The highest BCUT2D eigenvalue weighted by molar-refractivity contribution is 6.07. The average Bonchev–Trinajstić information content (AvgIpc) is 2.66. The van der Waals surface area contributed by atoms with Crippen LogP contribution in [0.2, 0.25) is 0 Å². The van der Waals surface area contributed by atoms with Gasteiger partial charge in [-0.25, -0.2) is 4.99 Å². The van der Waals surface area contributed by atoms with Crippen molar-refractivity contribution >= 4 is 23.3 Å². The van der Waals surface area contributed by atoms with Crippen molar-refractivity contribution in [1.82, 2.24) is 0 Å². The molecule has 2 fully saturated rings. The maximum absolute atomic E-state index is 13.7. The first kappa shape index (κ1) is 21.7. The van der Waals surface area contributed by atoms with Gasteiger partial charge in [0, 0.05) is 13.1 Å². The van der Waals surface area contributed by atoms with Gasteiger partial charge in [0.05, 0.1) is 29.1 Å². The highest BCUT2D eigenvalue weighted by Crippen LogP contribution is 2.45. The first-order valence-corrected chi connectivity index (χ1v) is 10.7. The van der Waals surface area contributed by atoms with Gasteiger partial charge in [-0.2, -0.15) is 18.2 Å². The second-order valence-corrected chi connectivity index (χ2v) is 8.68. The van der Waals surface area contributed by atoms with E-state index in [1.54, 1.807) is 4.90 Å². The summed E-state index contributed by atoms with van der Waals surface area (Å²) in [4.78, 5) is 12.5. The van der Waals surface area contributed by atoms with Crippen LogP contribution in [0.15, 0.2) is 28.2 Å². The number of rotatable bonds is 2. The van der Waals surface area contributed by atoms with Crippen molar-refractivity contribution in [3.8, 4) is 0 Å². The Morgan fingerprint density at radius 3 is 2.29 bits per heavy atom.